The predicted molar refractivity (Wildman–Crippen MR) is 104 cm³/mol. The summed E-state index contributed by atoms with van der Waals surface area (Å²) in [5.41, 5.74) is 1.13. The highest BCUT2D eigenvalue weighted by Gasteiger charge is 2.32. The summed E-state index contributed by atoms with van der Waals surface area (Å²) >= 11 is 6.87. The first-order valence-corrected chi connectivity index (χ1v) is 9.95. The van der Waals surface area contributed by atoms with E-state index in [0.29, 0.717) is 29.5 Å². The summed E-state index contributed by atoms with van der Waals surface area (Å²) in [7, 11) is 0. The van der Waals surface area contributed by atoms with Crippen LogP contribution in [0.1, 0.15) is 13.3 Å². The first-order chi connectivity index (χ1) is 12.0. The van der Waals surface area contributed by atoms with E-state index >= 15 is 0 Å². The molecule has 3 rings (SSSR count). The molecule has 1 unspecified atom stereocenters. The number of hydrogen-bond acceptors (Lipinski definition) is 5. The smallest absolute Gasteiger partial charge is 0.414 e. The van der Waals surface area contributed by atoms with E-state index in [0.717, 1.165) is 31.0 Å². The van der Waals surface area contributed by atoms with Crippen LogP contribution in [0.3, 0.4) is 0 Å². The number of hydrogen-bond donors (Lipinski definition) is 1. The van der Waals surface area contributed by atoms with E-state index in [1.165, 1.54) is 11.0 Å². The van der Waals surface area contributed by atoms with E-state index in [4.69, 9.17) is 17.0 Å². The Morgan fingerprint density at radius 3 is 3.04 bits per heavy atom. The van der Waals surface area contributed by atoms with Gasteiger partial charge in [0.05, 0.1) is 29.5 Å². The molecule has 1 atom stereocenters. The van der Waals surface area contributed by atoms with E-state index < -0.39 is 6.09 Å². The summed E-state index contributed by atoms with van der Waals surface area (Å²) in [6.45, 7) is 4.33. The quantitative estimate of drug-likeness (QED) is 0.807. The first-order valence-electron chi connectivity index (χ1n) is 8.39. The predicted octanol–water partition coefficient (Wildman–Crippen LogP) is 3.03. The fraction of sp³-hybridized carbons (Fsp3) is 0.529. The molecule has 1 amide bonds. The van der Waals surface area contributed by atoms with Crippen LogP contribution in [0.2, 0.25) is 0 Å². The molecule has 136 valence electrons. The Balaban J connectivity index is 1.69. The van der Waals surface area contributed by atoms with Gasteiger partial charge in [0.15, 0.2) is 0 Å². The number of anilines is 2. The molecule has 2 aliphatic rings. The Hall–Kier alpha value is -1.54. The van der Waals surface area contributed by atoms with E-state index in [-0.39, 0.29) is 11.9 Å². The van der Waals surface area contributed by atoms with E-state index in [1.54, 1.807) is 19.1 Å². The van der Waals surface area contributed by atoms with Crippen molar-refractivity contribution in [3.8, 4) is 0 Å². The fourth-order valence-electron chi connectivity index (χ4n) is 3.00. The molecule has 2 heterocycles. The van der Waals surface area contributed by atoms with Crippen LogP contribution in [0.15, 0.2) is 18.2 Å². The first kappa shape index (κ1) is 18.3. The van der Waals surface area contributed by atoms with Gasteiger partial charge in [0.25, 0.3) is 0 Å². The molecule has 0 aliphatic carbocycles. The van der Waals surface area contributed by atoms with Crippen LogP contribution in [0.5, 0.6) is 0 Å². The van der Waals surface area contributed by atoms with Crippen molar-refractivity contribution in [1.29, 1.82) is 0 Å². The van der Waals surface area contributed by atoms with Crippen LogP contribution in [0.25, 0.3) is 0 Å². The highest BCUT2D eigenvalue weighted by atomic mass is 32.2. The van der Waals surface area contributed by atoms with E-state index in [2.05, 4.69) is 10.2 Å². The van der Waals surface area contributed by atoms with Gasteiger partial charge in [-0.05, 0) is 37.3 Å². The van der Waals surface area contributed by atoms with Gasteiger partial charge in [-0.15, -0.1) is 0 Å². The van der Waals surface area contributed by atoms with Crippen LogP contribution in [0, 0.1) is 5.82 Å². The summed E-state index contributed by atoms with van der Waals surface area (Å²) in [4.78, 5) is 16.3. The highest BCUT2D eigenvalue weighted by Crippen LogP contribution is 2.29. The second-order valence-electron chi connectivity index (χ2n) is 6.14. The molecule has 1 aromatic rings. The highest BCUT2D eigenvalue weighted by molar-refractivity contribution is 7.99. The lowest BCUT2D eigenvalue weighted by Crippen LogP contribution is -2.32. The maximum Gasteiger partial charge on any atom is 0.414 e. The van der Waals surface area contributed by atoms with Gasteiger partial charge in [-0.2, -0.15) is 11.8 Å². The minimum Gasteiger partial charge on any atom is -0.442 e. The number of halogens is 1. The lowest BCUT2D eigenvalue weighted by Gasteiger charge is -2.24. The van der Waals surface area contributed by atoms with Crippen molar-refractivity contribution in [2.45, 2.75) is 19.4 Å². The second-order valence-corrected chi connectivity index (χ2v) is 7.98. The zero-order valence-electron chi connectivity index (χ0n) is 14.2. The van der Waals surface area contributed by atoms with Gasteiger partial charge in [0.2, 0.25) is 0 Å². The van der Waals surface area contributed by atoms with Crippen molar-refractivity contribution in [3.05, 3.63) is 24.0 Å². The number of carbonyl (C=O) groups is 1. The number of amides is 1. The molecule has 25 heavy (non-hydrogen) atoms. The average molecular weight is 384 g/mol. The van der Waals surface area contributed by atoms with Crippen molar-refractivity contribution >= 4 is 46.4 Å². The van der Waals surface area contributed by atoms with E-state index in [1.807, 2.05) is 11.8 Å². The SMILES string of the molecule is CC(=S)NCC1CN(c2ccc(N3CCCSCC3)c(F)c2)C(=O)O1. The minimum atomic E-state index is -0.452. The Labute approximate surface area is 156 Å². The fourth-order valence-corrected chi connectivity index (χ4v) is 3.97. The van der Waals surface area contributed by atoms with Gasteiger partial charge in [-0.1, -0.05) is 12.2 Å². The molecule has 0 saturated carbocycles. The van der Waals surface area contributed by atoms with Crippen LogP contribution < -0.4 is 15.1 Å². The molecule has 2 saturated heterocycles. The molecule has 5 nitrogen and oxygen atoms in total. The lowest BCUT2D eigenvalue weighted by atomic mass is 10.2. The molecule has 0 aromatic heterocycles. The molecule has 2 aliphatic heterocycles. The molecule has 1 aromatic carbocycles. The molecular formula is C17H22FN3O2S2. The molecule has 1 N–H and O–H groups in total. The number of thiocarbonyl (C=S) groups is 1. The number of nitrogens with zero attached hydrogens (tertiary/aromatic N) is 2. The normalized spacial score (nSPS) is 21.0. The number of benzene rings is 1. The molecule has 0 radical (unpaired) electrons. The third-order valence-corrected chi connectivity index (χ3v) is 5.45. The summed E-state index contributed by atoms with van der Waals surface area (Å²) in [6.07, 6.45) is 0.307. The maximum atomic E-state index is 14.6. The van der Waals surface area contributed by atoms with Crippen molar-refractivity contribution in [2.24, 2.45) is 0 Å². The third-order valence-electron chi connectivity index (χ3n) is 4.26. The van der Waals surface area contributed by atoms with Gasteiger partial charge in [0, 0.05) is 18.8 Å². The lowest BCUT2D eigenvalue weighted by molar-refractivity contribution is 0.143. The Morgan fingerprint density at radius 2 is 2.28 bits per heavy atom. The molecule has 2 fully saturated rings. The van der Waals surface area contributed by atoms with Gasteiger partial charge >= 0.3 is 6.09 Å². The number of rotatable bonds is 4. The minimum absolute atomic E-state index is 0.296. The summed E-state index contributed by atoms with van der Waals surface area (Å²) in [5, 5.41) is 2.99. The molecule has 0 spiro atoms. The molecular weight excluding hydrogens is 361 g/mol. The Kier molecular flexibility index (Phi) is 6.01. The second kappa shape index (κ2) is 8.23. The topological polar surface area (TPSA) is 44.8 Å². The zero-order valence-corrected chi connectivity index (χ0v) is 15.8. The largest absolute Gasteiger partial charge is 0.442 e. The van der Waals surface area contributed by atoms with Gasteiger partial charge < -0.3 is 15.0 Å². The van der Waals surface area contributed by atoms with Crippen molar-refractivity contribution < 1.29 is 13.9 Å². The van der Waals surface area contributed by atoms with Crippen molar-refractivity contribution in [1.82, 2.24) is 5.32 Å². The number of carbonyl (C=O) groups excluding carboxylic acids is 1. The molecule has 0 bridgehead atoms. The van der Waals surface area contributed by atoms with Crippen LogP contribution in [0.4, 0.5) is 20.6 Å². The van der Waals surface area contributed by atoms with Gasteiger partial charge in [-0.3, -0.25) is 4.90 Å². The standard InChI is InChI=1S/C17H22FN3O2S2/c1-12(24)19-10-14-11-21(17(22)23-14)13-3-4-16(15(18)9-13)20-5-2-7-25-8-6-20/h3-4,9,14H,2,5-8,10-11H2,1H3,(H,19,24). The summed E-state index contributed by atoms with van der Waals surface area (Å²) in [5.74, 6) is 1.83. The number of ether oxygens (including phenoxy) is 1. The Morgan fingerprint density at radius 1 is 1.44 bits per heavy atom. The third kappa shape index (κ3) is 4.55. The van der Waals surface area contributed by atoms with Crippen LogP contribution in [-0.2, 0) is 4.74 Å². The van der Waals surface area contributed by atoms with Crippen molar-refractivity contribution in [3.63, 3.8) is 0 Å². The zero-order chi connectivity index (χ0) is 17.8. The van der Waals surface area contributed by atoms with Crippen LogP contribution in [-0.4, -0.2) is 54.9 Å². The van der Waals surface area contributed by atoms with Crippen molar-refractivity contribution in [2.75, 3.05) is 47.5 Å². The summed E-state index contributed by atoms with van der Waals surface area (Å²) < 4.78 is 20.0. The Bertz CT molecular complexity index is 651. The number of nitrogens with one attached hydrogen (secondary N) is 1. The molecule has 8 heteroatoms. The van der Waals surface area contributed by atoms with Gasteiger partial charge in [0.1, 0.15) is 11.9 Å². The maximum absolute atomic E-state index is 14.6. The van der Waals surface area contributed by atoms with Crippen LogP contribution >= 0.6 is 24.0 Å². The van der Waals surface area contributed by atoms with E-state index in [9.17, 15) is 9.18 Å². The number of thioether (sulfide) groups is 1. The summed E-state index contributed by atoms with van der Waals surface area (Å²) in [6, 6.07) is 4.98. The monoisotopic (exact) mass is 383 g/mol. The average Bonchev–Trinajstić information content (AvgIpc) is 2.78. The van der Waals surface area contributed by atoms with Gasteiger partial charge in [-0.25, -0.2) is 9.18 Å². The number of cyclic esters (lactones) is 1.